The van der Waals surface area contributed by atoms with Gasteiger partial charge in [0, 0.05) is 5.56 Å². The fraction of sp³-hybridized carbons (Fsp3) is 0.308. The number of rotatable bonds is 1. The highest BCUT2D eigenvalue weighted by Crippen LogP contribution is 2.39. The third-order valence-electron chi connectivity index (χ3n) is 2.86. The van der Waals surface area contributed by atoms with Gasteiger partial charge in [-0.25, -0.2) is 4.98 Å². The first-order valence-corrected chi connectivity index (χ1v) is 7.29. The molecule has 0 aliphatic carbocycles. The number of ether oxygens (including phenoxy) is 2. The van der Waals surface area contributed by atoms with Crippen molar-refractivity contribution in [2.24, 2.45) is 0 Å². The van der Waals surface area contributed by atoms with Crippen molar-refractivity contribution < 1.29 is 9.47 Å². The van der Waals surface area contributed by atoms with Crippen molar-refractivity contribution in [3.8, 4) is 22.1 Å². The Morgan fingerprint density at radius 2 is 1.83 bits per heavy atom. The van der Waals surface area contributed by atoms with E-state index < -0.39 is 0 Å². The van der Waals surface area contributed by atoms with E-state index in [1.807, 2.05) is 19.1 Å². The minimum Gasteiger partial charge on any atom is -0.486 e. The normalized spacial score (nSPS) is 13.7. The molecular weight excluding hydrogens is 314 g/mol. The predicted octanol–water partition coefficient (Wildman–Crippen LogP) is 3.96. The molecular formula is C13H12BrNO2S. The van der Waals surface area contributed by atoms with Gasteiger partial charge in [0.05, 0.1) is 9.48 Å². The topological polar surface area (TPSA) is 31.4 Å². The molecule has 1 aliphatic rings. The minimum atomic E-state index is 0.607. The second-order valence-corrected chi connectivity index (χ2v) is 6.51. The highest BCUT2D eigenvalue weighted by atomic mass is 79.9. The van der Waals surface area contributed by atoms with E-state index in [4.69, 9.17) is 9.47 Å². The van der Waals surface area contributed by atoms with E-state index in [-0.39, 0.29) is 0 Å². The lowest BCUT2D eigenvalue weighted by molar-refractivity contribution is 0.171. The highest BCUT2D eigenvalue weighted by molar-refractivity contribution is 9.11. The average molecular weight is 326 g/mol. The van der Waals surface area contributed by atoms with Crippen LogP contribution in [0.5, 0.6) is 11.5 Å². The fourth-order valence-corrected chi connectivity index (χ4v) is 3.34. The molecule has 0 spiro atoms. The molecule has 1 aromatic heterocycles. The van der Waals surface area contributed by atoms with Crippen LogP contribution >= 0.6 is 27.3 Å². The predicted molar refractivity (Wildman–Crippen MR) is 75.7 cm³/mol. The van der Waals surface area contributed by atoms with Crippen molar-refractivity contribution >= 4 is 27.3 Å². The number of benzene rings is 1. The largest absolute Gasteiger partial charge is 0.486 e. The highest BCUT2D eigenvalue weighted by Gasteiger charge is 2.17. The first-order chi connectivity index (χ1) is 8.65. The molecule has 18 heavy (non-hydrogen) atoms. The zero-order valence-electron chi connectivity index (χ0n) is 10.1. The molecule has 5 heteroatoms. The van der Waals surface area contributed by atoms with Gasteiger partial charge in [-0.2, -0.15) is 0 Å². The molecule has 2 aromatic rings. The molecule has 0 amide bonds. The third-order valence-corrected chi connectivity index (χ3v) is 4.90. The average Bonchev–Trinajstić information content (AvgIpc) is 2.68. The molecule has 0 saturated carbocycles. The van der Waals surface area contributed by atoms with Gasteiger partial charge in [0.15, 0.2) is 11.5 Å². The lowest BCUT2D eigenvalue weighted by Crippen LogP contribution is -2.15. The van der Waals surface area contributed by atoms with Crippen LogP contribution in [0.4, 0.5) is 0 Å². The van der Waals surface area contributed by atoms with E-state index >= 15 is 0 Å². The number of fused-ring (bicyclic) bond motifs is 1. The Balaban J connectivity index is 2.11. The zero-order valence-corrected chi connectivity index (χ0v) is 12.5. The van der Waals surface area contributed by atoms with Crippen molar-refractivity contribution in [2.75, 3.05) is 13.2 Å². The third kappa shape index (κ3) is 2.01. The molecule has 0 atom stereocenters. The van der Waals surface area contributed by atoms with Crippen LogP contribution in [0.2, 0.25) is 0 Å². The first-order valence-electron chi connectivity index (χ1n) is 5.68. The van der Waals surface area contributed by atoms with Gasteiger partial charge in [0.2, 0.25) is 0 Å². The van der Waals surface area contributed by atoms with Crippen LogP contribution in [0.25, 0.3) is 10.6 Å². The molecule has 2 heterocycles. The summed E-state index contributed by atoms with van der Waals surface area (Å²) >= 11 is 5.15. The van der Waals surface area contributed by atoms with Gasteiger partial charge < -0.3 is 9.47 Å². The number of thiazole rings is 1. The molecule has 0 N–H and O–H groups in total. The van der Waals surface area contributed by atoms with Crippen molar-refractivity contribution in [3.63, 3.8) is 0 Å². The maximum absolute atomic E-state index is 5.62. The fourth-order valence-electron chi connectivity index (χ4n) is 1.91. The lowest BCUT2D eigenvalue weighted by Gasteiger charge is -2.19. The van der Waals surface area contributed by atoms with Crippen molar-refractivity contribution in [3.05, 3.63) is 27.2 Å². The monoisotopic (exact) mass is 325 g/mol. The molecule has 0 bridgehead atoms. The maximum atomic E-state index is 5.62. The van der Waals surface area contributed by atoms with Crippen LogP contribution in [0.15, 0.2) is 15.9 Å². The molecule has 3 nitrogen and oxygen atoms in total. The van der Waals surface area contributed by atoms with E-state index in [0.29, 0.717) is 13.2 Å². The van der Waals surface area contributed by atoms with E-state index in [9.17, 15) is 0 Å². The van der Waals surface area contributed by atoms with E-state index in [0.717, 1.165) is 37.1 Å². The van der Waals surface area contributed by atoms with Crippen LogP contribution in [0.1, 0.15) is 11.3 Å². The van der Waals surface area contributed by atoms with E-state index in [1.165, 1.54) is 0 Å². The minimum absolute atomic E-state index is 0.607. The second kappa shape index (κ2) is 4.55. The van der Waals surface area contributed by atoms with Crippen LogP contribution in [-0.2, 0) is 0 Å². The summed E-state index contributed by atoms with van der Waals surface area (Å²) in [6.07, 6.45) is 0. The molecule has 3 rings (SSSR count). The van der Waals surface area contributed by atoms with Gasteiger partial charge in [-0.1, -0.05) is 0 Å². The number of halogens is 1. The van der Waals surface area contributed by atoms with Gasteiger partial charge in [0.1, 0.15) is 18.2 Å². The summed E-state index contributed by atoms with van der Waals surface area (Å²) in [5.41, 5.74) is 3.28. The molecule has 0 radical (unpaired) electrons. The second-order valence-electron chi connectivity index (χ2n) is 4.19. The van der Waals surface area contributed by atoms with Gasteiger partial charge in [0.25, 0.3) is 0 Å². The Morgan fingerprint density at radius 1 is 1.17 bits per heavy atom. The van der Waals surface area contributed by atoms with E-state index in [1.54, 1.807) is 11.3 Å². The van der Waals surface area contributed by atoms with Gasteiger partial charge in [-0.05, 0) is 47.5 Å². The Labute approximate surface area is 118 Å². The molecule has 0 saturated heterocycles. The Hall–Kier alpha value is -1.07. The first kappa shape index (κ1) is 12.0. The summed E-state index contributed by atoms with van der Waals surface area (Å²) in [5.74, 6) is 1.64. The van der Waals surface area contributed by atoms with Crippen molar-refractivity contribution in [1.29, 1.82) is 0 Å². The molecule has 1 aliphatic heterocycles. The van der Waals surface area contributed by atoms with Gasteiger partial charge >= 0.3 is 0 Å². The molecule has 0 unspecified atom stereocenters. The SMILES string of the molecule is Cc1cc2c(cc1-c1nc(C)c(Br)s1)OCCO2. The van der Waals surface area contributed by atoms with Crippen molar-refractivity contribution in [2.45, 2.75) is 13.8 Å². The van der Waals surface area contributed by atoms with Gasteiger partial charge in [-0.15, -0.1) is 11.3 Å². The summed E-state index contributed by atoms with van der Waals surface area (Å²) in [5, 5.41) is 1.01. The summed E-state index contributed by atoms with van der Waals surface area (Å²) < 4.78 is 12.3. The van der Waals surface area contributed by atoms with Crippen molar-refractivity contribution in [1.82, 2.24) is 4.98 Å². The summed E-state index contributed by atoms with van der Waals surface area (Å²) in [7, 11) is 0. The van der Waals surface area contributed by atoms with Gasteiger partial charge in [-0.3, -0.25) is 0 Å². The Morgan fingerprint density at radius 3 is 2.44 bits per heavy atom. The number of nitrogens with zero attached hydrogens (tertiary/aromatic N) is 1. The van der Waals surface area contributed by atoms with Crippen LogP contribution in [0, 0.1) is 13.8 Å². The van der Waals surface area contributed by atoms with Crippen LogP contribution in [-0.4, -0.2) is 18.2 Å². The lowest BCUT2D eigenvalue weighted by atomic mass is 10.1. The number of aryl methyl sites for hydroxylation is 2. The quantitative estimate of drug-likeness (QED) is 0.795. The standard InChI is InChI=1S/C13H12BrNO2S/c1-7-5-10-11(17-4-3-16-10)6-9(7)13-15-8(2)12(14)18-13/h5-6H,3-4H2,1-2H3. The van der Waals surface area contributed by atoms with Crippen LogP contribution in [0.3, 0.4) is 0 Å². The molecule has 0 fully saturated rings. The number of hydrogen-bond acceptors (Lipinski definition) is 4. The smallest absolute Gasteiger partial charge is 0.162 e. The maximum Gasteiger partial charge on any atom is 0.162 e. The zero-order chi connectivity index (χ0) is 12.7. The van der Waals surface area contributed by atoms with Crippen LogP contribution < -0.4 is 9.47 Å². The Bertz CT molecular complexity index is 590. The molecule has 94 valence electrons. The summed E-state index contributed by atoms with van der Waals surface area (Å²) in [6.45, 7) is 5.29. The summed E-state index contributed by atoms with van der Waals surface area (Å²) in [4.78, 5) is 4.57. The summed E-state index contributed by atoms with van der Waals surface area (Å²) in [6, 6.07) is 4.04. The number of aromatic nitrogens is 1. The van der Waals surface area contributed by atoms with E-state index in [2.05, 4.69) is 27.8 Å². The number of hydrogen-bond donors (Lipinski definition) is 0. The molecule has 1 aromatic carbocycles. The Kier molecular flexibility index (Phi) is 3.03.